The van der Waals surface area contributed by atoms with Crippen LogP contribution in [0.3, 0.4) is 0 Å². The second-order valence-corrected chi connectivity index (χ2v) is 13.0. The van der Waals surface area contributed by atoms with Crippen molar-refractivity contribution in [2.45, 2.75) is 32.6 Å². The highest BCUT2D eigenvalue weighted by atomic mass is 79.9. The number of esters is 1. The van der Waals surface area contributed by atoms with E-state index in [4.69, 9.17) is 14.5 Å². The van der Waals surface area contributed by atoms with Crippen LogP contribution in [-0.4, -0.2) is 42.3 Å². The Balaban J connectivity index is 1.19. The summed E-state index contributed by atoms with van der Waals surface area (Å²) >= 11 is 3.55. The van der Waals surface area contributed by atoms with Gasteiger partial charge in [0.05, 0.1) is 41.4 Å². The van der Waals surface area contributed by atoms with Gasteiger partial charge in [0.15, 0.2) is 12.4 Å². The summed E-state index contributed by atoms with van der Waals surface area (Å²) in [6, 6.07) is 19.3. The van der Waals surface area contributed by atoms with Gasteiger partial charge in [-0.05, 0) is 97.7 Å². The van der Waals surface area contributed by atoms with E-state index >= 15 is 0 Å². The number of anilines is 1. The Morgan fingerprint density at radius 1 is 0.933 bits per heavy atom. The molecule has 8 nitrogen and oxygen atoms in total. The third-order valence-corrected chi connectivity index (χ3v) is 10.1. The summed E-state index contributed by atoms with van der Waals surface area (Å²) < 4.78 is 11.5. The Hall–Kier alpha value is -4.37. The number of ketones is 1. The molecule has 0 radical (unpaired) electrons. The van der Waals surface area contributed by atoms with Gasteiger partial charge in [-0.25, -0.2) is 9.78 Å². The normalized spacial score (nSPS) is 21.8. The van der Waals surface area contributed by atoms with Crippen LogP contribution < -0.4 is 9.64 Å². The molecule has 2 saturated carbocycles. The molecule has 4 unspecified atom stereocenters. The molecule has 2 bridgehead atoms. The smallest absolute Gasteiger partial charge is 0.339 e. The topological polar surface area (TPSA) is 103 Å². The van der Waals surface area contributed by atoms with Crippen LogP contribution in [-0.2, 0) is 20.7 Å². The number of hydrogen-bond donors (Lipinski definition) is 0. The first-order chi connectivity index (χ1) is 21.8. The number of fused-ring (bicyclic) bond motifs is 6. The Labute approximate surface area is 268 Å². The Morgan fingerprint density at radius 3 is 2.22 bits per heavy atom. The molecule has 2 aliphatic carbocycles. The number of nitrogens with zero attached hydrogens (tertiary/aromatic N) is 2. The number of carbonyl (C=O) groups is 4. The number of halogens is 1. The molecule has 0 N–H and O–H groups in total. The molecule has 7 rings (SSSR count). The van der Waals surface area contributed by atoms with E-state index in [2.05, 4.69) is 15.9 Å². The predicted molar refractivity (Wildman–Crippen MR) is 172 cm³/mol. The van der Waals surface area contributed by atoms with Crippen LogP contribution in [0.1, 0.15) is 52.5 Å². The van der Waals surface area contributed by atoms with Crippen molar-refractivity contribution in [2.24, 2.45) is 23.7 Å². The van der Waals surface area contributed by atoms with Crippen molar-refractivity contribution in [1.29, 1.82) is 0 Å². The van der Waals surface area contributed by atoms with Crippen LogP contribution in [0.25, 0.3) is 22.2 Å². The lowest BCUT2D eigenvalue weighted by atomic mass is 9.81. The summed E-state index contributed by atoms with van der Waals surface area (Å²) in [5.74, 6) is -0.249. The number of aryl methyl sites for hydroxylation is 1. The fourth-order valence-electron chi connectivity index (χ4n) is 7.46. The number of carbonyl (C=O) groups excluding carboxylic acids is 4. The van der Waals surface area contributed by atoms with Crippen LogP contribution in [0, 0.1) is 23.7 Å². The van der Waals surface area contributed by atoms with Crippen LogP contribution >= 0.6 is 15.9 Å². The van der Waals surface area contributed by atoms with Gasteiger partial charge in [0.1, 0.15) is 5.75 Å². The molecule has 2 amide bonds. The fraction of sp³-hybridized carbons (Fsp3) is 0.306. The van der Waals surface area contributed by atoms with Crippen molar-refractivity contribution >= 4 is 56.1 Å². The van der Waals surface area contributed by atoms with Crippen LogP contribution in [0.15, 0.2) is 71.2 Å². The summed E-state index contributed by atoms with van der Waals surface area (Å²) in [4.78, 5) is 59.3. The summed E-state index contributed by atoms with van der Waals surface area (Å²) in [6.07, 6.45) is 3.73. The molecule has 228 valence electrons. The third-order valence-electron chi connectivity index (χ3n) is 9.65. The number of methoxy groups -OCH3 is 1. The number of imide groups is 1. The average Bonchev–Trinajstić information content (AvgIpc) is 3.76. The fourth-order valence-corrected chi connectivity index (χ4v) is 7.97. The second-order valence-electron chi connectivity index (χ2n) is 12.0. The zero-order valence-corrected chi connectivity index (χ0v) is 26.5. The van der Waals surface area contributed by atoms with Crippen molar-refractivity contribution in [2.75, 3.05) is 18.6 Å². The summed E-state index contributed by atoms with van der Waals surface area (Å²) in [7, 11) is 1.55. The number of aromatic nitrogens is 1. The van der Waals surface area contributed by atoms with Gasteiger partial charge in [0, 0.05) is 21.0 Å². The number of Topliss-reactive ketones (excluding diaryl/α,β-unsaturated/α-hetero) is 1. The third kappa shape index (κ3) is 5.03. The van der Waals surface area contributed by atoms with Gasteiger partial charge in [0.25, 0.3) is 0 Å². The average molecular weight is 668 g/mol. The maximum atomic E-state index is 13.5. The quantitative estimate of drug-likeness (QED) is 0.116. The standard InChI is InChI=1S/C36H31BrN2O6/c1-3-19-15-24(37)16-27-28(36(43)45-18-30(40)21-8-12-26(44-2)13-9-21)17-29(38-33(19)27)20-6-10-25(11-7-20)39-34(41)31-22-4-5-23(14-22)32(31)35(39)42/h6-13,15-17,22-23,31-32H,3-5,14,18H2,1-2H3. The van der Waals surface area contributed by atoms with Gasteiger partial charge in [0.2, 0.25) is 11.8 Å². The molecular formula is C36H31BrN2O6. The summed E-state index contributed by atoms with van der Waals surface area (Å²) in [5, 5.41) is 0.609. The van der Waals surface area contributed by atoms with Gasteiger partial charge in [-0.2, -0.15) is 0 Å². The molecule has 4 aromatic rings. The van der Waals surface area contributed by atoms with Crippen molar-refractivity contribution in [3.05, 3.63) is 87.9 Å². The number of ether oxygens (including phenoxy) is 2. The number of amides is 2. The minimum Gasteiger partial charge on any atom is -0.497 e. The monoisotopic (exact) mass is 666 g/mol. The Morgan fingerprint density at radius 2 is 1.60 bits per heavy atom. The predicted octanol–water partition coefficient (Wildman–Crippen LogP) is 6.81. The molecule has 1 aliphatic heterocycles. The lowest BCUT2D eigenvalue weighted by Crippen LogP contribution is -2.32. The van der Waals surface area contributed by atoms with E-state index in [-0.39, 0.29) is 35.0 Å². The molecular weight excluding hydrogens is 636 g/mol. The highest BCUT2D eigenvalue weighted by molar-refractivity contribution is 9.10. The molecule has 4 atom stereocenters. The van der Waals surface area contributed by atoms with Gasteiger partial charge in [-0.1, -0.05) is 35.0 Å². The minimum atomic E-state index is -0.642. The van der Waals surface area contributed by atoms with Crippen molar-refractivity contribution in [1.82, 2.24) is 4.98 Å². The van der Waals surface area contributed by atoms with Gasteiger partial charge < -0.3 is 9.47 Å². The molecule has 1 saturated heterocycles. The Kier molecular flexibility index (Phi) is 7.52. The zero-order chi connectivity index (χ0) is 31.4. The maximum Gasteiger partial charge on any atom is 0.339 e. The highest BCUT2D eigenvalue weighted by Crippen LogP contribution is 2.56. The van der Waals surface area contributed by atoms with Gasteiger partial charge in [-0.15, -0.1) is 0 Å². The first kappa shape index (κ1) is 29.3. The molecule has 3 fully saturated rings. The minimum absolute atomic E-state index is 0.0823. The number of rotatable bonds is 8. The molecule has 3 aromatic carbocycles. The SMILES string of the molecule is CCc1cc(Br)cc2c(C(=O)OCC(=O)c3ccc(OC)cc3)cc(-c3ccc(N4C(=O)C5C6CCC(C6)C5C4=O)cc3)nc12. The summed E-state index contributed by atoms with van der Waals surface area (Å²) in [5.41, 5.74) is 4.09. The van der Waals surface area contributed by atoms with Crippen molar-refractivity contribution in [3.63, 3.8) is 0 Å². The lowest BCUT2D eigenvalue weighted by Gasteiger charge is -2.19. The summed E-state index contributed by atoms with van der Waals surface area (Å²) in [6.45, 7) is 1.59. The van der Waals surface area contributed by atoms with Gasteiger partial charge in [-0.3, -0.25) is 19.3 Å². The van der Waals surface area contributed by atoms with Crippen LogP contribution in [0.2, 0.25) is 0 Å². The van der Waals surface area contributed by atoms with Crippen LogP contribution in [0.5, 0.6) is 5.75 Å². The zero-order valence-electron chi connectivity index (χ0n) is 24.9. The molecule has 1 aromatic heterocycles. The maximum absolute atomic E-state index is 13.5. The Bertz CT molecular complexity index is 1840. The number of hydrogen-bond acceptors (Lipinski definition) is 7. The van der Waals surface area contributed by atoms with Gasteiger partial charge >= 0.3 is 5.97 Å². The first-order valence-electron chi connectivity index (χ1n) is 15.2. The second kappa shape index (κ2) is 11.5. The molecule has 0 spiro atoms. The van der Waals surface area contributed by atoms with E-state index in [1.807, 2.05) is 31.2 Å². The largest absolute Gasteiger partial charge is 0.497 e. The number of benzene rings is 3. The van der Waals surface area contributed by atoms with E-state index in [0.717, 1.165) is 29.3 Å². The molecule has 3 aliphatic rings. The van der Waals surface area contributed by atoms with E-state index in [9.17, 15) is 19.2 Å². The van der Waals surface area contributed by atoms with Crippen LogP contribution in [0.4, 0.5) is 5.69 Å². The molecule has 2 heterocycles. The van der Waals surface area contributed by atoms with E-state index in [1.165, 1.54) is 4.90 Å². The molecule has 9 heteroatoms. The highest BCUT2D eigenvalue weighted by Gasteiger charge is 2.61. The van der Waals surface area contributed by atoms with Crippen molar-refractivity contribution < 1.29 is 28.7 Å². The molecule has 45 heavy (non-hydrogen) atoms. The van der Waals surface area contributed by atoms with E-state index < -0.39 is 12.6 Å². The lowest BCUT2D eigenvalue weighted by molar-refractivity contribution is -0.123. The number of pyridine rings is 1. The van der Waals surface area contributed by atoms with Crippen molar-refractivity contribution in [3.8, 4) is 17.0 Å². The first-order valence-corrected chi connectivity index (χ1v) is 16.0. The van der Waals surface area contributed by atoms with E-state index in [1.54, 1.807) is 49.6 Å². The van der Waals surface area contributed by atoms with E-state index in [0.29, 0.717) is 57.4 Å².